The summed E-state index contributed by atoms with van der Waals surface area (Å²) >= 11 is 6.06. The molecule has 1 fully saturated rings. The highest BCUT2D eigenvalue weighted by Crippen LogP contribution is 2.45. The molecule has 0 bridgehead atoms. The molecule has 1 N–H and O–H groups in total. The molecule has 4 rings (SSSR count). The third-order valence-electron chi connectivity index (χ3n) is 5.12. The van der Waals surface area contributed by atoms with Crippen molar-refractivity contribution < 1.29 is 0 Å². The molecule has 0 radical (unpaired) electrons. The Labute approximate surface area is 141 Å². The highest BCUT2D eigenvalue weighted by molar-refractivity contribution is 6.30. The third kappa shape index (κ3) is 2.53. The van der Waals surface area contributed by atoms with Gasteiger partial charge in [-0.2, -0.15) is 0 Å². The van der Waals surface area contributed by atoms with E-state index in [2.05, 4.69) is 34.0 Å². The first-order valence-electron chi connectivity index (χ1n) is 8.26. The van der Waals surface area contributed by atoms with Crippen LogP contribution < -0.4 is 0 Å². The standard InChI is InChI=1S/C19H20ClN3/c1-19(9-3-2-4-10-19)15-16(13-5-7-14(20)8-6-13)23-18-17(15)21-11-12-22-18/h5-8,11-12H,2-4,9-10H2,1H3,(H,22,23). The fourth-order valence-corrected chi connectivity index (χ4v) is 4.04. The lowest BCUT2D eigenvalue weighted by Gasteiger charge is -2.34. The van der Waals surface area contributed by atoms with E-state index in [9.17, 15) is 0 Å². The second-order valence-electron chi connectivity index (χ2n) is 6.76. The van der Waals surface area contributed by atoms with Crippen molar-refractivity contribution in [3.8, 4) is 11.3 Å². The van der Waals surface area contributed by atoms with Crippen molar-refractivity contribution in [2.75, 3.05) is 0 Å². The van der Waals surface area contributed by atoms with E-state index < -0.39 is 0 Å². The van der Waals surface area contributed by atoms with Crippen LogP contribution in [0.3, 0.4) is 0 Å². The molecule has 4 heteroatoms. The molecule has 1 saturated carbocycles. The SMILES string of the molecule is CC1(c2c(-c3ccc(Cl)cc3)[nH]c3nccnc23)CCCCC1. The number of fused-ring (bicyclic) bond motifs is 1. The molecule has 2 aromatic heterocycles. The topological polar surface area (TPSA) is 41.6 Å². The number of benzene rings is 1. The van der Waals surface area contributed by atoms with Crippen LogP contribution in [0.15, 0.2) is 36.7 Å². The van der Waals surface area contributed by atoms with Crippen molar-refractivity contribution in [3.63, 3.8) is 0 Å². The summed E-state index contributed by atoms with van der Waals surface area (Å²) < 4.78 is 0. The lowest BCUT2D eigenvalue weighted by molar-refractivity contribution is 0.322. The summed E-state index contributed by atoms with van der Waals surface area (Å²) in [4.78, 5) is 12.6. The molecule has 0 aliphatic heterocycles. The average molecular weight is 326 g/mol. The molecule has 3 nitrogen and oxygen atoms in total. The first-order chi connectivity index (χ1) is 11.2. The van der Waals surface area contributed by atoms with Crippen LogP contribution in [-0.2, 0) is 5.41 Å². The lowest BCUT2D eigenvalue weighted by atomic mass is 9.70. The van der Waals surface area contributed by atoms with Crippen molar-refractivity contribution in [1.82, 2.24) is 15.0 Å². The minimum atomic E-state index is 0.154. The van der Waals surface area contributed by atoms with Crippen LogP contribution in [0.2, 0.25) is 5.02 Å². The highest BCUT2D eigenvalue weighted by atomic mass is 35.5. The van der Waals surface area contributed by atoms with Gasteiger partial charge in [-0.05, 0) is 36.0 Å². The third-order valence-corrected chi connectivity index (χ3v) is 5.37. The molecule has 118 valence electrons. The molecule has 0 spiro atoms. The second kappa shape index (κ2) is 5.64. The smallest absolute Gasteiger partial charge is 0.156 e. The van der Waals surface area contributed by atoms with E-state index in [-0.39, 0.29) is 5.41 Å². The molecule has 0 amide bonds. The summed E-state index contributed by atoms with van der Waals surface area (Å²) in [5.74, 6) is 0. The molecule has 1 aliphatic carbocycles. The summed E-state index contributed by atoms with van der Waals surface area (Å²) in [5.41, 5.74) is 5.66. The molecule has 0 saturated heterocycles. The van der Waals surface area contributed by atoms with Crippen molar-refractivity contribution in [3.05, 3.63) is 47.2 Å². The zero-order valence-corrected chi connectivity index (χ0v) is 14.0. The molecular weight excluding hydrogens is 306 g/mol. The number of nitrogens with zero attached hydrogens (tertiary/aromatic N) is 2. The number of aromatic amines is 1. The van der Waals surface area contributed by atoms with Crippen LogP contribution >= 0.6 is 11.6 Å². The molecule has 2 heterocycles. The van der Waals surface area contributed by atoms with Gasteiger partial charge in [0.15, 0.2) is 5.65 Å². The van der Waals surface area contributed by atoms with Gasteiger partial charge in [0.25, 0.3) is 0 Å². The molecule has 1 aliphatic rings. The lowest BCUT2D eigenvalue weighted by Crippen LogP contribution is -2.25. The first kappa shape index (κ1) is 14.7. The van der Waals surface area contributed by atoms with Crippen LogP contribution in [-0.4, -0.2) is 15.0 Å². The largest absolute Gasteiger partial charge is 0.338 e. The monoisotopic (exact) mass is 325 g/mol. The van der Waals surface area contributed by atoms with Crippen LogP contribution in [0.1, 0.15) is 44.6 Å². The van der Waals surface area contributed by atoms with E-state index in [4.69, 9.17) is 11.6 Å². The number of rotatable bonds is 2. The Morgan fingerprint density at radius 1 is 1.00 bits per heavy atom. The van der Waals surface area contributed by atoms with Crippen LogP contribution in [0, 0.1) is 0 Å². The zero-order valence-electron chi connectivity index (χ0n) is 13.3. The quantitative estimate of drug-likeness (QED) is 0.676. The van der Waals surface area contributed by atoms with Crippen molar-refractivity contribution in [2.45, 2.75) is 44.4 Å². The minimum absolute atomic E-state index is 0.154. The van der Waals surface area contributed by atoms with Crippen LogP contribution in [0.5, 0.6) is 0 Å². The number of hydrogen-bond donors (Lipinski definition) is 1. The van der Waals surface area contributed by atoms with Gasteiger partial charge in [0.1, 0.15) is 5.52 Å². The highest BCUT2D eigenvalue weighted by Gasteiger charge is 2.34. The molecule has 0 atom stereocenters. The van der Waals surface area contributed by atoms with Crippen molar-refractivity contribution in [1.29, 1.82) is 0 Å². The predicted molar refractivity (Wildman–Crippen MR) is 94.8 cm³/mol. The number of hydrogen-bond acceptors (Lipinski definition) is 2. The second-order valence-corrected chi connectivity index (χ2v) is 7.19. The number of halogens is 1. The Balaban J connectivity index is 1.96. The van der Waals surface area contributed by atoms with Crippen LogP contribution in [0.4, 0.5) is 0 Å². The fraction of sp³-hybridized carbons (Fsp3) is 0.368. The maximum Gasteiger partial charge on any atom is 0.156 e. The van der Waals surface area contributed by atoms with Crippen molar-refractivity contribution >= 4 is 22.8 Å². The summed E-state index contributed by atoms with van der Waals surface area (Å²) in [6.07, 6.45) is 9.84. The van der Waals surface area contributed by atoms with Gasteiger partial charge in [-0.25, -0.2) is 4.98 Å². The predicted octanol–water partition coefficient (Wildman–Crippen LogP) is 5.50. The maximum atomic E-state index is 6.06. The van der Waals surface area contributed by atoms with Gasteiger partial charge in [0.05, 0.1) is 5.69 Å². The van der Waals surface area contributed by atoms with Gasteiger partial charge in [-0.15, -0.1) is 0 Å². The molecule has 23 heavy (non-hydrogen) atoms. The zero-order chi connectivity index (χ0) is 15.9. The normalized spacial score (nSPS) is 17.5. The molecular formula is C19H20ClN3. The Bertz CT molecular complexity index is 829. The van der Waals surface area contributed by atoms with Gasteiger partial charge in [0.2, 0.25) is 0 Å². The van der Waals surface area contributed by atoms with Crippen molar-refractivity contribution in [2.24, 2.45) is 0 Å². The summed E-state index contributed by atoms with van der Waals surface area (Å²) in [5, 5.41) is 0.756. The van der Waals surface area contributed by atoms with E-state index in [1.807, 2.05) is 12.1 Å². The van der Waals surface area contributed by atoms with Gasteiger partial charge in [0, 0.05) is 23.0 Å². The Kier molecular flexibility index (Phi) is 3.61. The Hall–Kier alpha value is -1.87. The van der Waals surface area contributed by atoms with Gasteiger partial charge < -0.3 is 4.98 Å². The van der Waals surface area contributed by atoms with E-state index in [1.165, 1.54) is 37.7 Å². The molecule has 0 unspecified atom stereocenters. The van der Waals surface area contributed by atoms with E-state index >= 15 is 0 Å². The van der Waals surface area contributed by atoms with E-state index in [1.54, 1.807) is 12.4 Å². The maximum absolute atomic E-state index is 6.06. The molecule has 1 aromatic carbocycles. The average Bonchev–Trinajstić information content (AvgIpc) is 2.96. The molecule has 3 aromatic rings. The van der Waals surface area contributed by atoms with Gasteiger partial charge in [-0.1, -0.05) is 49.9 Å². The fourth-order valence-electron chi connectivity index (χ4n) is 3.91. The Morgan fingerprint density at radius 2 is 1.70 bits per heavy atom. The van der Waals surface area contributed by atoms with Gasteiger partial charge in [-0.3, -0.25) is 4.98 Å². The number of H-pyrrole nitrogens is 1. The summed E-state index contributed by atoms with van der Waals surface area (Å²) in [6.45, 7) is 2.38. The Morgan fingerprint density at radius 3 is 2.43 bits per heavy atom. The summed E-state index contributed by atoms with van der Waals surface area (Å²) in [6, 6.07) is 8.03. The summed E-state index contributed by atoms with van der Waals surface area (Å²) in [7, 11) is 0. The number of nitrogens with one attached hydrogen (secondary N) is 1. The van der Waals surface area contributed by atoms with E-state index in [0.717, 1.165) is 27.4 Å². The van der Waals surface area contributed by atoms with E-state index in [0.29, 0.717) is 0 Å². The first-order valence-corrected chi connectivity index (χ1v) is 8.64. The minimum Gasteiger partial charge on any atom is -0.338 e. The van der Waals surface area contributed by atoms with Gasteiger partial charge >= 0.3 is 0 Å². The number of aromatic nitrogens is 3. The van der Waals surface area contributed by atoms with Crippen LogP contribution in [0.25, 0.3) is 22.4 Å².